The van der Waals surface area contributed by atoms with Gasteiger partial charge in [-0.3, -0.25) is 4.98 Å². The molecular formula is C17H22N2O. The lowest BCUT2D eigenvalue weighted by molar-refractivity contribution is 0.264. The van der Waals surface area contributed by atoms with Gasteiger partial charge in [0.05, 0.1) is 0 Å². The second-order valence-corrected chi connectivity index (χ2v) is 5.19. The average Bonchev–Trinajstić information content (AvgIpc) is 2.47. The summed E-state index contributed by atoms with van der Waals surface area (Å²) in [6.07, 6.45) is 3.64. The Bertz CT molecular complexity index is 510. The van der Waals surface area contributed by atoms with E-state index in [2.05, 4.69) is 43.2 Å². The Balaban J connectivity index is 1.80. The van der Waals surface area contributed by atoms with Gasteiger partial charge in [-0.15, -0.1) is 0 Å². The first-order chi connectivity index (χ1) is 9.65. The normalized spacial score (nSPS) is 13.8. The van der Waals surface area contributed by atoms with Crippen molar-refractivity contribution in [3.8, 4) is 5.75 Å². The zero-order valence-electron chi connectivity index (χ0n) is 12.3. The van der Waals surface area contributed by atoms with E-state index >= 15 is 0 Å². The van der Waals surface area contributed by atoms with Crippen LogP contribution >= 0.6 is 0 Å². The molecule has 2 atom stereocenters. The Labute approximate surface area is 121 Å². The predicted octanol–water partition coefficient (Wildman–Crippen LogP) is 3.51. The van der Waals surface area contributed by atoms with Gasteiger partial charge in [-0.1, -0.05) is 17.7 Å². The number of benzene rings is 1. The number of hydrogen-bond donors (Lipinski definition) is 1. The van der Waals surface area contributed by atoms with Crippen LogP contribution in [-0.4, -0.2) is 17.6 Å². The largest absolute Gasteiger partial charge is 0.492 e. The predicted molar refractivity (Wildman–Crippen MR) is 81.9 cm³/mol. The lowest BCUT2D eigenvalue weighted by Gasteiger charge is -2.20. The van der Waals surface area contributed by atoms with E-state index in [0.29, 0.717) is 6.61 Å². The highest BCUT2D eigenvalue weighted by Gasteiger charge is 2.09. The van der Waals surface area contributed by atoms with Crippen LogP contribution in [0.4, 0.5) is 0 Å². The monoisotopic (exact) mass is 270 g/mol. The van der Waals surface area contributed by atoms with Crippen molar-refractivity contribution >= 4 is 0 Å². The summed E-state index contributed by atoms with van der Waals surface area (Å²) in [4.78, 5) is 4.04. The van der Waals surface area contributed by atoms with E-state index in [9.17, 15) is 0 Å². The molecule has 2 unspecified atom stereocenters. The van der Waals surface area contributed by atoms with Crippen LogP contribution in [0.3, 0.4) is 0 Å². The summed E-state index contributed by atoms with van der Waals surface area (Å²) in [5.41, 5.74) is 2.48. The lowest BCUT2D eigenvalue weighted by Crippen LogP contribution is -2.33. The van der Waals surface area contributed by atoms with Gasteiger partial charge in [0.15, 0.2) is 0 Å². The summed E-state index contributed by atoms with van der Waals surface area (Å²) in [5, 5.41) is 3.52. The first-order valence-electron chi connectivity index (χ1n) is 7.00. The van der Waals surface area contributed by atoms with Gasteiger partial charge in [0.1, 0.15) is 12.4 Å². The third-order valence-corrected chi connectivity index (χ3v) is 3.26. The van der Waals surface area contributed by atoms with E-state index in [0.717, 1.165) is 5.75 Å². The van der Waals surface area contributed by atoms with Crippen LogP contribution in [0.1, 0.15) is 31.0 Å². The molecule has 0 saturated heterocycles. The van der Waals surface area contributed by atoms with Gasteiger partial charge in [-0.25, -0.2) is 0 Å². The zero-order valence-corrected chi connectivity index (χ0v) is 12.3. The molecular weight excluding hydrogens is 248 g/mol. The van der Waals surface area contributed by atoms with Crippen molar-refractivity contribution in [3.63, 3.8) is 0 Å². The Kier molecular flexibility index (Phi) is 5.13. The number of rotatable bonds is 6. The van der Waals surface area contributed by atoms with Crippen LogP contribution in [0.5, 0.6) is 5.75 Å². The van der Waals surface area contributed by atoms with Crippen LogP contribution in [0.15, 0.2) is 48.8 Å². The summed E-state index contributed by atoms with van der Waals surface area (Å²) in [7, 11) is 0. The minimum atomic E-state index is 0.277. The van der Waals surface area contributed by atoms with Gasteiger partial charge in [-0.2, -0.15) is 0 Å². The molecule has 0 bridgehead atoms. The van der Waals surface area contributed by atoms with Crippen LogP contribution in [0.25, 0.3) is 0 Å². The quantitative estimate of drug-likeness (QED) is 0.872. The molecule has 1 aromatic heterocycles. The summed E-state index contributed by atoms with van der Waals surface area (Å²) in [5.74, 6) is 0.917. The molecule has 0 radical (unpaired) electrons. The van der Waals surface area contributed by atoms with E-state index < -0.39 is 0 Å². The highest BCUT2D eigenvalue weighted by atomic mass is 16.5. The standard InChI is InChI=1S/C17H22N2O/c1-13-4-6-17(7-5-13)20-12-14(2)19-15(3)16-8-10-18-11-9-16/h4-11,14-15,19H,12H2,1-3H3. The SMILES string of the molecule is Cc1ccc(OCC(C)NC(C)c2ccncc2)cc1. The maximum absolute atomic E-state index is 5.78. The van der Waals surface area contributed by atoms with Crippen LogP contribution < -0.4 is 10.1 Å². The second-order valence-electron chi connectivity index (χ2n) is 5.19. The van der Waals surface area contributed by atoms with E-state index in [1.165, 1.54) is 11.1 Å². The maximum atomic E-state index is 5.78. The fourth-order valence-corrected chi connectivity index (χ4v) is 2.08. The molecule has 20 heavy (non-hydrogen) atoms. The molecule has 106 valence electrons. The molecule has 0 aliphatic heterocycles. The van der Waals surface area contributed by atoms with Gasteiger partial charge in [0.2, 0.25) is 0 Å². The van der Waals surface area contributed by atoms with Crippen molar-refractivity contribution in [2.24, 2.45) is 0 Å². The van der Waals surface area contributed by atoms with Crippen molar-refractivity contribution in [3.05, 3.63) is 59.9 Å². The molecule has 1 heterocycles. The number of hydrogen-bond acceptors (Lipinski definition) is 3. The van der Waals surface area contributed by atoms with Crippen molar-refractivity contribution in [1.29, 1.82) is 0 Å². The van der Waals surface area contributed by atoms with Crippen LogP contribution in [-0.2, 0) is 0 Å². The first kappa shape index (κ1) is 14.5. The molecule has 0 amide bonds. The second kappa shape index (κ2) is 7.06. The number of aryl methyl sites for hydroxylation is 1. The van der Waals surface area contributed by atoms with Crippen molar-refractivity contribution < 1.29 is 4.74 Å². The number of aromatic nitrogens is 1. The number of ether oxygens (including phenoxy) is 1. The Morgan fingerprint density at radius 3 is 2.35 bits per heavy atom. The first-order valence-corrected chi connectivity index (χ1v) is 7.00. The Morgan fingerprint density at radius 1 is 1.05 bits per heavy atom. The van der Waals surface area contributed by atoms with Crippen molar-refractivity contribution in [2.75, 3.05) is 6.61 Å². The summed E-state index contributed by atoms with van der Waals surface area (Å²) in [6.45, 7) is 7.01. The maximum Gasteiger partial charge on any atom is 0.119 e. The molecule has 1 N–H and O–H groups in total. The zero-order chi connectivity index (χ0) is 14.4. The molecule has 0 spiro atoms. The lowest BCUT2D eigenvalue weighted by atomic mass is 10.1. The Hall–Kier alpha value is -1.87. The van der Waals surface area contributed by atoms with Gasteiger partial charge >= 0.3 is 0 Å². The third kappa shape index (κ3) is 4.35. The molecule has 2 rings (SSSR count). The molecule has 3 nitrogen and oxygen atoms in total. The van der Waals surface area contributed by atoms with Crippen LogP contribution in [0, 0.1) is 6.92 Å². The summed E-state index contributed by atoms with van der Waals surface area (Å²) < 4.78 is 5.78. The van der Waals surface area contributed by atoms with Gasteiger partial charge < -0.3 is 10.1 Å². The third-order valence-electron chi connectivity index (χ3n) is 3.26. The van der Waals surface area contributed by atoms with E-state index in [-0.39, 0.29) is 12.1 Å². The van der Waals surface area contributed by atoms with E-state index in [1.54, 1.807) is 0 Å². The van der Waals surface area contributed by atoms with E-state index in [1.807, 2.05) is 36.7 Å². The minimum Gasteiger partial charge on any atom is -0.492 e. The van der Waals surface area contributed by atoms with Crippen molar-refractivity contribution in [2.45, 2.75) is 32.9 Å². The molecule has 0 fully saturated rings. The van der Waals surface area contributed by atoms with Gasteiger partial charge in [-0.05, 0) is 50.6 Å². The fourth-order valence-electron chi connectivity index (χ4n) is 2.08. The Morgan fingerprint density at radius 2 is 1.70 bits per heavy atom. The summed E-state index contributed by atoms with van der Waals surface area (Å²) >= 11 is 0. The molecule has 2 aromatic rings. The minimum absolute atomic E-state index is 0.277. The molecule has 0 aliphatic carbocycles. The molecule has 1 aromatic carbocycles. The number of pyridine rings is 1. The highest BCUT2D eigenvalue weighted by molar-refractivity contribution is 5.26. The summed E-state index contributed by atoms with van der Waals surface area (Å²) in [6, 6.07) is 12.8. The highest BCUT2D eigenvalue weighted by Crippen LogP contribution is 2.13. The van der Waals surface area contributed by atoms with Crippen molar-refractivity contribution in [1.82, 2.24) is 10.3 Å². The number of nitrogens with zero attached hydrogens (tertiary/aromatic N) is 1. The average molecular weight is 270 g/mol. The number of nitrogens with one attached hydrogen (secondary N) is 1. The molecule has 3 heteroatoms. The van der Waals surface area contributed by atoms with Crippen LogP contribution in [0.2, 0.25) is 0 Å². The van der Waals surface area contributed by atoms with Gasteiger partial charge in [0.25, 0.3) is 0 Å². The van der Waals surface area contributed by atoms with E-state index in [4.69, 9.17) is 4.74 Å². The topological polar surface area (TPSA) is 34.1 Å². The van der Waals surface area contributed by atoms with Gasteiger partial charge in [0, 0.05) is 24.5 Å². The molecule has 0 saturated carbocycles. The molecule has 0 aliphatic rings. The fraction of sp³-hybridized carbons (Fsp3) is 0.353. The smallest absolute Gasteiger partial charge is 0.119 e.